The lowest BCUT2D eigenvalue weighted by Crippen LogP contribution is -2.45. The fraction of sp³-hybridized carbons (Fsp3) is 0.567. The van der Waals surface area contributed by atoms with Crippen LogP contribution in [0.5, 0.6) is 11.5 Å². The second-order valence-electron chi connectivity index (χ2n) is 10.8. The molecule has 1 atom stereocenters. The van der Waals surface area contributed by atoms with E-state index in [0.29, 0.717) is 13.2 Å². The van der Waals surface area contributed by atoms with E-state index in [4.69, 9.17) is 14.2 Å². The quantitative estimate of drug-likeness (QED) is 0.556. The molecule has 2 aliphatic heterocycles. The summed E-state index contributed by atoms with van der Waals surface area (Å²) in [4.78, 5) is 15.7. The highest BCUT2D eigenvalue weighted by molar-refractivity contribution is 5.82. The molecule has 0 radical (unpaired) electrons. The van der Waals surface area contributed by atoms with Gasteiger partial charge in [-0.2, -0.15) is 0 Å². The first-order valence-corrected chi connectivity index (χ1v) is 13.5. The average Bonchev–Trinajstić information content (AvgIpc) is 3.63. The number of hydrogen-bond acceptors (Lipinski definition) is 5. The highest BCUT2D eigenvalue weighted by Crippen LogP contribution is 2.59. The second-order valence-corrected chi connectivity index (χ2v) is 10.8. The van der Waals surface area contributed by atoms with E-state index in [2.05, 4.69) is 52.7 Å². The van der Waals surface area contributed by atoms with E-state index >= 15 is 0 Å². The van der Waals surface area contributed by atoms with Crippen LogP contribution in [0.1, 0.15) is 50.2 Å². The molecule has 6 heteroatoms. The Morgan fingerprint density at radius 2 is 1.81 bits per heavy atom. The molecule has 1 aliphatic carbocycles. The Kier molecular flexibility index (Phi) is 7.54. The number of likely N-dealkylation sites (tertiary alicyclic amines) is 1. The molecule has 2 saturated heterocycles. The first-order chi connectivity index (χ1) is 17.6. The van der Waals surface area contributed by atoms with E-state index in [1.165, 1.54) is 11.1 Å². The molecule has 36 heavy (non-hydrogen) atoms. The van der Waals surface area contributed by atoms with Crippen LogP contribution in [-0.4, -0.2) is 57.4 Å². The molecule has 6 nitrogen and oxygen atoms in total. The molecule has 194 valence electrons. The van der Waals surface area contributed by atoms with Crippen molar-refractivity contribution in [2.75, 3.05) is 46.6 Å². The van der Waals surface area contributed by atoms with Crippen molar-refractivity contribution < 1.29 is 19.0 Å². The van der Waals surface area contributed by atoms with Gasteiger partial charge in [-0.25, -0.2) is 0 Å². The Balaban J connectivity index is 1.14. The molecular formula is C30H40N2O4. The Hall–Kier alpha value is -2.57. The standard InChI is InChI=1S/C30H40N2O4/c1-3-36-27-19-23(9-10-26(27)34-2)21-32-15-11-29(12-16-32)20-25(29)28(33)31-22-30(13-17-35-18-14-30)24-7-5-4-6-8-24/h4-10,19,25H,3,11-18,20-22H2,1-2H3,(H,31,33). The normalized spacial score (nSPS) is 22.7. The molecule has 3 fully saturated rings. The van der Waals surface area contributed by atoms with Crippen molar-refractivity contribution >= 4 is 5.91 Å². The molecule has 2 aromatic rings. The number of ether oxygens (including phenoxy) is 3. The third-order valence-electron chi connectivity index (χ3n) is 8.73. The first kappa shape index (κ1) is 25.1. The van der Waals surface area contributed by atoms with Crippen molar-refractivity contribution in [3.05, 3.63) is 59.7 Å². The second kappa shape index (κ2) is 10.8. The fourth-order valence-electron chi connectivity index (χ4n) is 6.27. The molecule has 1 unspecified atom stereocenters. The van der Waals surface area contributed by atoms with Gasteiger partial charge in [0, 0.05) is 37.6 Å². The highest BCUT2D eigenvalue weighted by Gasteiger charge is 2.58. The maximum Gasteiger partial charge on any atom is 0.223 e. The van der Waals surface area contributed by atoms with Gasteiger partial charge in [0.05, 0.1) is 13.7 Å². The third kappa shape index (κ3) is 5.25. The summed E-state index contributed by atoms with van der Waals surface area (Å²) in [5.74, 6) is 2.00. The van der Waals surface area contributed by atoms with Gasteiger partial charge >= 0.3 is 0 Å². The minimum atomic E-state index is -0.0146. The lowest BCUT2D eigenvalue weighted by molar-refractivity contribution is -0.124. The van der Waals surface area contributed by atoms with Crippen LogP contribution in [-0.2, 0) is 21.5 Å². The Labute approximate surface area is 215 Å². The zero-order chi connectivity index (χ0) is 25.0. The maximum atomic E-state index is 13.2. The van der Waals surface area contributed by atoms with Crippen LogP contribution in [0.4, 0.5) is 0 Å². The van der Waals surface area contributed by atoms with E-state index in [1.807, 2.05) is 13.0 Å². The van der Waals surface area contributed by atoms with E-state index in [0.717, 1.165) is 76.5 Å². The van der Waals surface area contributed by atoms with Crippen LogP contribution in [0.2, 0.25) is 0 Å². The van der Waals surface area contributed by atoms with Gasteiger partial charge in [-0.1, -0.05) is 36.4 Å². The monoisotopic (exact) mass is 492 g/mol. The SMILES string of the molecule is CCOc1cc(CN2CCC3(CC2)CC3C(=O)NCC2(c3ccccc3)CCOCC2)ccc1OC. The summed E-state index contributed by atoms with van der Waals surface area (Å²) in [5, 5.41) is 3.37. The van der Waals surface area contributed by atoms with Crippen LogP contribution in [0.3, 0.4) is 0 Å². The number of hydrogen-bond donors (Lipinski definition) is 1. The number of benzene rings is 2. The van der Waals surface area contributed by atoms with Crippen LogP contribution in [0.15, 0.2) is 48.5 Å². The van der Waals surface area contributed by atoms with E-state index in [-0.39, 0.29) is 22.7 Å². The van der Waals surface area contributed by atoms with Gasteiger partial charge < -0.3 is 19.5 Å². The summed E-state index contributed by atoms with van der Waals surface area (Å²) in [6.07, 6.45) is 5.14. The van der Waals surface area contributed by atoms with Crippen molar-refractivity contribution in [2.24, 2.45) is 11.3 Å². The summed E-state index contributed by atoms with van der Waals surface area (Å²) < 4.78 is 16.8. The zero-order valence-electron chi connectivity index (χ0n) is 21.8. The summed E-state index contributed by atoms with van der Waals surface area (Å²) >= 11 is 0. The molecule has 2 aromatic carbocycles. The molecule has 0 aromatic heterocycles. The van der Waals surface area contributed by atoms with Crippen LogP contribution < -0.4 is 14.8 Å². The van der Waals surface area contributed by atoms with Crippen molar-refractivity contribution in [1.82, 2.24) is 10.2 Å². The van der Waals surface area contributed by atoms with Crippen molar-refractivity contribution in [3.63, 3.8) is 0 Å². The number of rotatable bonds is 9. The predicted octanol–water partition coefficient (Wildman–Crippen LogP) is 4.56. The van der Waals surface area contributed by atoms with Gasteiger partial charge in [-0.3, -0.25) is 9.69 Å². The minimum absolute atomic E-state index is 0.0146. The van der Waals surface area contributed by atoms with Gasteiger partial charge in [-0.15, -0.1) is 0 Å². The summed E-state index contributed by atoms with van der Waals surface area (Å²) in [6, 6.07) is 16.9. The molecule has 1 saturated carbocycles. The highest BCUT2D eigenvalue weighted by atomic mass is 16.5. The van der Waals surface area contributed by atoms with E-state index < -0.39 is 0 Å². The van der Waals surface area contributed by atoms with Crippen LogP contribution in [0.25, 0.3) is 0 Å². The summed E-state index contributed by atoms with van der Waals surface area (Å²) in [6.45, 7) is 7.80. The fourth-order valence-corrected chi connectivity index (χ4v) is 6.27. The van der Waals surface area contributed by atoms with Gasteiger partial charge in [0.1, 0.15) is 0 Å². The lowest BCUT2D eigenvalue weighted by Gasteiger charge is -2.38. The number of methoxy groups -OCH3 is 1. The molecule has 1 N–H and O–H groups in total. The Bertz CT molecular complexity index is 1030. The molecule has 1 amide bonds. The molecule has 1 spiro atoms. The predicted molar refractivity (Wildman–Crippen MR) is 140 cm³/mol. The number of carbonyl (C=O) groups is 1. The number of carbonyl (C=O) groups excluding carboxylic acids is 1. The molecular weight excluding hydrogens is 452 g/mol. The maximum absolute atomic E-state index is 13.2. The van der Waals surface area contributed by atoms with Crippen molar-refractivity contribution in [3.8, 4) is 11.5 Å². The molecule has 5 rings (SSSR count). The number of nitrogens with zero attached hydrogens (tertiary/aromatic N) is 1. The van der Waals surface area contributed by atoms with Gasteiger partial charge in [-0.05, 0) is 80.8 Å². The smallest absolute Gasteiger partial charge is 0.223 e. The van der Waals surface area contributed by atoms with Crippen LogP contribution in [0, 0.1) is 11.3 Å². The number of amides is 1. The summed E-state index contributed by atoms with van der Waals surface area (Å²) in [5.41, 5.74) is 2.74. The van der Waals surface area contributed by atoms with Gasteiger partial charge in [0.15, 0.2) is 11.5 Å². The third-order valence-corrected chi connectivity index (χ3v) is 8.73. The number of nitrogens with one attached hydrogen (secondary N) is 1. The minimum Gasteiger partial charge on any atom is -0.493 e. The van der Waals surface area contributed by atoms with Gasteiger partial charge in [0.2, 0.25) is 5.91 Å². The van der Waals surface area contributed by atoms with E-state index in [1.54, 1.807) is 7.11 Å². The van der Waals surface area contributed by atoms with Crippen LogP contribution >= 0.6 is 0 Å². The van der Waals surface area contributed by atoms with Crippen molar-refractivity contribution in [2.45, 2.75) is 51.0 Å². The number of piperidine rings is 1. The topological polar surface area (TPSA) is 60.0 Å². The molecule has 0 bridgehead atoms. The lowest BCUT2D eigenvalue weighted by atomic mass is 9.74. The summed E-state index contributed by atoms with van der Waals surface area (Å²) in [7, 11) is 1.68. The first-order valence-electron chi connectivity index (χ1n) is 13.5. The Morgan fingerprint density at radius 1 is 1.06 bits per heavy atom. The Morgan fingerprint density at radius 3 is 2.50 bits per heavy atom. The van der Waals surface area contributed by atoms with Gasteiger partial charge in [0.25, 0.3) is 0 Å². The average molecular weight is 493 g/mol. The molecule has 3 aliphatic rings. The molecule has 2 heterocycles. The zero-order valence-corrected chi connectivity index (χ0v) is 21.8. The van der Waals surface area contributed by atoms with Crippen molar-refractivity contribution in [1.29, 1.82) is 0 Å². The van der Waals surface area contributed by atoms with E-state index in [9.17, 15) is 4.79 Å². The largest absolute Gasteiger partial charge is 0.493 e.